The van der Waals surface area contributed by atoms with Crippen molar-refractivity contribution < 1.29 is 22.7 Å². The predicted molar refractivity (Wildman–Crippen MR) is 123 cm³/mol. The summed E-state index contributed by atoms with van der Waals surface area (Å²) in [6.45, 7) is 3.49. The summed E-state index contributed by atoms with van der Waals surface area (Å²) >= 11 is 5.60. The van der Waals surface area contributed by atoms with Crippen LogP contribution >= 0.6 is 11.6 Å². The third kappa shape index (κ3) is 5.40. The van der Waals surface area contributed by atoms with Crippen LogP contribution in [0.2, 0.25) is 5.02 Å². The van der Waals surface area contributed by atoms with E-state index in [1.807, 2.05) is 0 Å². The Morgan fingerprint density at radius 3 is 2.32 bits per heavy atom. The standard InChI is InChI=1S/C23H21ClF3N5O2/c1-31(22(33)34-18-6-7-20(24)19(12-18)23(25,26)27)17-4-2-15(3-5-17)16-13-29-21(30-14-16)32-10-8-28-9-11-32/h2-7,12-14,28H,8-11H2,1H3. The predicted octanol–water partition coefficient (Wildman–Crippen LogP) is 4.86. The van der Waals surface area contributed by atoms with E-state index in [0.29, 0.717) is 17.7 Å². The average molecular weight is 492 g/mol. The van der Waals surface area contributed by atoms with E-state index in [0.717, 1.165) is 43.4 Å². The summed E-state index contributed by atoms with van der Waals surface area (Å²) in [5.41, 5.74) is 1.09. The van der Waals surface area contributed by atoms with Gasteiger partial charge in [0.15, 0.2) is 0 Å². The van der Waals surface area contributed by atoms with Gasteiger partial charge in [-0.05, 0) is 35.9 Å². The number of carbonyl (C=O) groups excluding carboxylic acids is 1. The van der Waals surface area contributed by atoms with Crippen LogP contribution in [0.25, 0.3) is 11.1 Å². The van der Waals surface area contributed by atoms with Crippen molar-refractivity contribution in [2.45, 2.75) is 6.18 Å². The first-order chi connectivity index (χ1) is 16.2. The van der Waals surface area contributed by atoms with Gasteiger partial charge >= 0.3 is 12.3 Å². The lowest BCUT2D eigenvalue weighted by atomic mass is 10.1. The molecule has 11 heteroatoms. The van der Waals surface area contributed by atoms with Crippen LogP contribution < -0.4 is 19.9 Å². The molecule has 0 spiro atoms. The Labute approximate surface area is 199 Å². The number of amides is 1. The first-order valence-electron chi connectivity index (χ1n) is 10.4. The van der Waals surface area contributed by atoms with E-state index in [1.165, 1.54) is 18.0 Å². The molecule has 2 heterocycles. The van der Waals surface area contributed by atoms with Crippen LogP contribution in [0.3, 0.4) is 0 Å². The minimum Gasteiger partial charge on any atom is -0.410 e. The molecule has 1 saturated heterocycles. The van der Waals surface area contributed by atoms with Gasteiger partial charge in [0.05, 0.1) is 10.6 Å². The summed E-state index contributed by atoms with van der Waals surface area (Å²) in [5.74, 6) is 0.423. The molecule has 1 fully saturated rings. The van der Waals surface area contributed by atoms with E-state index in [-0.39, 0.29) is 5.75 Å². The molecule has 178 valence electrons. The van der Waals surface area contributed by atoms with E-state index in [1.54, 1.807) is 36.7 Å². The van der Waals surface area contributed by atoms with Crippen molar-refractivity contribution in [3.8, 4) is 16.9 Å². The quantitative estimate of drug-likeness (QED) is 0.562. The molecule has 0 saturated carbocycles. The Balaban J connectivity index is 1.43. The molecular weight excluding hydrogens is 471 g/mol. The third-order valence-electron chi connectivity index (χ3n) is 5.35. The molecule has 1 amide bonds. The van der Waals surface area contributed by atoms with Crippen LogP contribution in [-0.4, -0.2) is 49.3 Å². The molecule has 0 unspecified atom stereocenters. The van der Waals surface area contributed by atoms with E-state index >= 15 is 0 Å². The van der Waals surface area contributed by atoms with Crippen molar-refractivity contribution >= 4 is 29.3 Å². The maximum Gasteiger partial charge on any atom is 0.419 e. The number of ether oxygens (including phenoxy) is 1. The minimum absolute atomic E-state index is 0.257. The zero-order chi connectivity index (χ0) is 24.3. The van der Waals surface area contributed by atoms with Crippen molar-refractivity contribution in [1.82, 2.24) is 15.3 Å². The number of hydrogen-bond acceptors (Lipinski definition) is 6. The smallest absolute Gasteiger partial charge is 0.410 e. The number of hydrogen-bond donors (Lipinski definition) is 1. The Morgan fingerprint density at radius 1 is 1.06 bits per heavy atom. The lowest BCUT2D eigenvalue weighted by molar-refractivity contribution is -0.137. The van der Waals surface area contributed by atoms with Gasteiger partial charge in [0.1, 0.15) is 5.75 Å². The van der Waals surface area contributed by atoms with Crippen molar-refractivity contribution in [3.05, 3.63) is 65.4 Å². The van der Waals surface area contributed by atoms with Gasteiger partial charge in [-0.1, -0.05) is 23.7 Å². The van der Waals surface area contributed by atoms with E-state index in [2.05, 4.69) is 20.2 Å². The third-order valence-corrected chi connectivity index (χ3v) is 5.68. The van der Waals surface area contributed by atoms with E-state index in [9.17, 15) is 18.0 Å². The second kappa shape index (κ2) is 9.86. The molecule has 4 rings (SSSR count). The largest absolute Gasteiger partial charge is 0.419 e. The second-order valence-corrected chi connectivity index (χ2v) is 8.03. The van der Waals surface area contributed by atoms with Crippen LogP contribution in [0.15, 0.2) is 54.9 Å². The molecule has 0 radical (unpaired) electrons. The molecule has 34 heavy (non-hydrogen) atoms. The number of alkyl halides is 3. The number of carbonyl (C=O) groups is 1. The van der Waals surface area contributed by atoms with Crippen LogP contribution in [0, 0.1) is 0 Å². The SMILES string of the molecule is CN(C(=O)Oc1ccc(Cl)c(C(F)(F)F)c1)c1ccc(-c2cnc(N3CCNCC3)nc2)cc1. The zero-order valence-corrected chi connectivity index (χ0v) is 18.9. The van der Waals surface area contributed by atoms with Gasteiger partial charge in [0.2, 0.25) is 5.95 Å². The fourth-order valence-corrected chi connectivity index (χ4v) is 3.66. The van der Waals surface area contributed by atoms with Gasteiger partial charge in [0.25, 0.3) is 0 Å². The van der Waals surface area contributed by atoms with Crippen molar-refractivity contribution in [1.29, 1.82) is 0 Å². The lowest BCUT2D eigenvalue weighted by Crippen LogP contribution is -2.44. The number of aromatic nitrogens is 2. The van der Waals surface area contributed by atoms with E-state index in [4.69, 9.17) is 16.3 Å². The van der Waals surface area contributed by atoms with Crippen molar-refractivity contribution in [2.24, 2.45) is 0 Å². The topological polar surface area (TPSA) is 70.6 Å². The van der Waals surface area contributed by atoms with Gasteiger partial charge < -0.3 is 15.0 Å². The highest BCUT2D eigenvalue weighted by atomic mass is 35.5. The molecular formula is C23H21ClF3N5O2. The highest BCUT2D eigenvalue weighted by molar-refractivity contribution is 6.31. The zero-order valence-electron chi connectivity index (χ0n) is 18.1. The summed E-state index contributed by atoms with van der Waals surface area (Å²) in [4.78, 5) is 24.7. The van der Waals surface area contributed by atoms with Gasteiger partial charge in [-0.2, -0.15) is 13.2 Å². The van der Waals surface area contributed by atoms with Crippen molar-refractivity contribution in [2.75, 3.05) is 43.0 Å². The first kappa shape index (κ1) is 23.8. The molecule has 1 N–H and O–H groups in total. The Morgan fingerprint density at radius 2 is 1.71 bits per heavy atom. The fraction of sp³-hybridized carbons (Fsp3) is 0.261. The molecule has 0 aliphatic carbocycles. The lowest BCUT2D eigenvalue weighted by Gasteiger charge is -2.27. The van der Waals surface area contributed by atoms with Crippen LogP contribution in [0.4, 0.5) is 29.6 Å². The molecule has 7 nitrogen and oxygen atoms in total. The summed E-state index contributed by atoms with van der Waals surface area (Å²) < 4.78 is 44.2. The maximum absolute atomic E-state index is 13.0. The Kier molecular flexibility index (Phi) is 6.90. The maximum atomic E-state index is 13.0. The molecule has 1 aliphatic rings. The van der Waals surface area contributed by atoms with Gasteiger partial charge in [-0.3, -0.25) is 4.90 Å². The number of rotatable bonds is 4. The van der Waals surface area contributed by atoms with Crippen LogP contribution in [0.1, 0.15) is 5.56 Å². The molecule has 1 aromatic heterocycles. The van der Waals surface area contributed by atoms with Gasteiger partial charge in [-0.25, -0.2) is 14.8 Å². The number of nitrogens with zero attached hydrogens (tertiary/aromatic N) is 4. The fourth-order valence-electron chi connectivity index (χ4n) is 3.44. The minimum atomic E-state index is -4.66. The number of halogens is 4. The Bertz CT molecular complexity index is 1150. The van der Waals surface area contributed by atoms with Crippen molar-refractivity contribution in [3.63, 3.8) is 0 Å². The summed E-state index contributed by atoms with van der Waals surface area (Å²) in [6, 6.07) is 9.93. The number of piperazine rings is 1. The molecule has 0 atom stereocenters. The molecule has 0 bridgehead atoms. The monoisotopic (exact) mass is 491 g/mol. The van der Waals surface area contributed by atoms with Gasteiger partial charge in [0, 0.05) is 56.9 Å². The molecule has 3 aromatic rings. The van der Waals surface area contributed by atoms with Crippen LogP contribution in [0.5, 0.6) is 5.75 Å². The normalized spacial score (nSPS) is 14.1. The summed E-state index contributed by atoms with van der Waals surface area (Å²) in [7, 11) is 1.46. The Hall–Kier alpha value is -3.37. The highest BCUT2D eigenvalue weighted by Gasteiger charge is 2.34. The number of anilines is 2. The highest BCUT2D eigenvalue weighted by Crippen LogP contribution is 2.37. The molecule has 2 aromatic carbocycles. The van der Waals surface area contributed by atoms with E-state index < -0.39 is 22.9 Å². The number of benzene rings is 2. The van der Waals surface area contributed by atoms with Gasteiger partial charge in [-0.15, -0.1) is 0 Å². The summed E-state index contributed by atoms with van der Waals surface area (Å²) in [6.07, 6.45) is -2.01. The summed E-state index contributed by atoms with van der Waals surface area (Å²) in [5, 5.41) is 2.81. The number of nitrogens with one attached hydrogen (secondary N) is 1. The van der Waals surface area contributed by atoms with Crippen LogP contribution in [-0.2, 0) is 6.18 Å². The molecule has 1 aliphatic heterocycles. The average Bonchev–Trinajstić information content (AvgIpc) is 2.85. The second-order valence-electron chi connectivity index (χ2n) is 7.62. The first-order valence-corrected chi connectivity index (χ1v) is 10.8.